The Hall–Kier alpha value is -2.13. The van der Waals surface area contributed by atoms with Gasteiger partial charge in [-0.2, -0.15) is 0 Å². The first-order valence-corrected chi connectivity index (χ1v) is 8.49. The number of thioether (sulfide) groups is 1. The number of benzene rings is 1. The highest BCUT2D eigenvalue weighted by Crippen LogP contribution is 2.28. The molecule has 0 aliphatic carbocycles. The molecule has 0 aliphatic heterocycles. The zero-order valence-electron chi connectivity index (χ0n) is 13.1. The maximum atomic E-state index is 12.2. The van der Waals surface area contributed by atoms with Crippen LogP contribution in [0.3, 0.4) is 0 Å². The van der Waals surface area contributed by atoms with Gasteiger partial charge in [0.05, 0.1) is 20.9 Å². The van der Waals surface area contributed by atoms with Crippen molar-refractivity contribution >= 4 is 40.6 Å². The monoisotopic (exact) mass is 369 g/mol. The maximum absolute atomic E-state index is 12.2. The Morgan fingerprint density at radius 3 is 2.92 bits per heavy atom. The van der Waals surface area contributed by atoms with E-state index in [1.807, 2.05) is 6.92 Å². The number of H-pyrrole nitrogens is 1. The molecule has 24 heavy (non-hydrogen) atoms. The molecule has 2 aromatic rings. The number of carbonyl (C=O) groups excluding carboxylic acids is 1. The molecule has 0 bridgehead atoms. The lowest BCUT2D eigenvalue weighted by molar-refractivity contribution is -0.384. The number of halogens is 1. The molecular formula is C14H16ClN5O3S. The van der Waals surface area contributed by atoms with E-state index < -0.39 is 10.2 Å². The van der Waals surface area contributed by atoms with Crippen LogP contribution in [0.2, 0.25) is 5.02 Å². The standard InChI is InChI=1S/C14H16ClN5O3S/c1-3-4-12-17-14(19-18-12)24-8(2)13(21)16-11-6-5-9(20(22)23)7-10(11)15/h5-8H,3-4H2,1-2H3,(H,16,21)(H,17,18,19)/t8-/m1/s1. The van der Waals surface area contributed by atoms with Gasteiger partial charge in [-0.3, -0.25) is 20.0 Å². The smallest absolute Gasteiger partial charge is 0.271 e. The lowest BCUT2D eigenvalue weighted by Gasteiger charge is -2.11. The third-order valence-electron chi connectivity index (χ3n) is 3.07. The molecule has 2 rings (SSSR count). The fourth-order valence-electron chi connectivity index (χ4n) is 1.84. The summed E-state index contributed by atoms with van der Waals surface area (Å²) in [4.78, 5) is 26.7. The number of rotatable bonds is 7. The zero-order valence-corrected chi connectivity index (χ0v) is 14.6. The molecule has 2 N–H and O–H groups in total. The Morgan fingerprint density at radius 2 is 2.29 bits per heavy atom. The molecule has 0 saturated heterocycles. The first-order chi connectivity index (χ1) is 11.4. The topological polar surface area (TPSA) is 114 Å². The van der Waals surface area contributed by atoms with Crippen LogP contribution in [0, 0.1) is 10.1 Å². The van der Waals surface area contributed by atoms with Gasteiger partial charge < -0.3 is 5.32 Å². The molecule has 1 aromatic heterocycles. The number of nitrogens with one attached hydrogen (secondary N) is 2. The van der Waals surface area contributed by atoms with Crippen LogP contribution in [0.1, 0.15) is 26.1 Å². The SMILES string of the molecule is CCCc1nc(S[C@H](C)C(=O)Nc2ccc([N+](=O)[O-])cc2Cl)n[nH]1. The number of amides is 1. The minimum Gasteiger partial charge on any atom is -0.324 e. The van der Waals surface area contributed by atoms with Crippen molar-refractivity contribution in [3.05, 3.63) is 39.2 Å². The summed E-state index contributed by atoms with van der Waals surface area (Å²) in [6.45, 7) is 3.76. The van der Waals surface area contributed by atoms with Gasteiger partial charge in [0.2, 0.25) is 11.1 Å². The van der Waals surface area contributed by atoms with Gasteiger partial charge in [0, 0.05) is 18.6 Å². The van der Waals surface area contributed by atoms with Crippen molar-refractivity contribution in [3.8, 4) is 0 Å². The molecule has 0 spiro atoms. The highest BCUT2D eigenvalue weighted by Gasteiger charge is 2.19. The number of anilines is 1. The summed E-state index contributed by atoms with van der Waals surface area (Å²) in [5.74, 6) is 0.489. The Labute approximate surface area is 147 Å². The Morgan fingerprint density at radius 1 is 1.54 bits per heavy atom. The first kappa shape index (κ1) is 18.2. The van der Waals surface area contributed by atoms with Gasteiger partial charge in [-0.1, -0.05) is 30.3 Å². The van der Waals surface area contributed by atoms with Gasteiger partial charge in [0.1, 0.15) is 5.82 Å². The number of hydrogen-bond acceptors (Lipinski definition) is 6. The van der Waals surface area contributed by atoms with Crippen LogP contribution in [0.5, 0.6) is 0 Å². The number of aromatic amines is 1. The number of nitro groups is 1. The lowest BCUT2D eigenvalue weighted by Crippen LogP contribution is -2.22. The third kappa shape index (κ3) is 4.68. The number of nitrogens with zero attached hydrogens (tertiary/aromatic N) is 3. The highest BCUT2D eigenvalue weighted by molar-refractivity contribution is 8.00. The Kier molecular flexibility index (Phi) is 6.16. The number of carbonyl (C=O) groups is 1. The van der Waals surface area contributed by atoms with Gasteiger partial charge in [-0.05, 0) is 19.4 Å². The van der Waals surface area contributed by atoms with E-state index in [9.17, 15) is 14.9 Å². The second-order valence-electron chi connectivity index (χ2n) is 4.99. The normalized spacial score (nSPS) is 12.0. The van der Waals surface area contributed by atoms with Crippen molar-refractivity contribution in [2.75, 3.05) is 5.32 Å². The van der Waals surface area contributed by atoms with Crippen LogP contribution in [0.15, 0.2) is 23.4 Å². The quantitative estimate of drug-likeness (QED) is 0.439. The molecular weight excluding hydrogens is 354 g/mol. The largest absolute Gasteiger partial charge is 0.324 e. The van der Waals surface area contributed by atoms with E-state index in [-0.39, 0.29) is 16.6 Å². The van der Waals surface area contributed by atoms with Crippen LogP contribution >= 0.6 is 23.4 Å². The number of nitro benzene ring substituents is 1. The molecule has 0 radical (unpaired) electrons. The van der Waals surface area contributed by atoms with Crippen molar-refractivity contribution < 1.29 is 9.72 Å². The predicted molar refractivity (Wildman–Crippen MR) is 92.4 cm³/mol. The van der Waals surface area contributed by atoms with Crippen molar-refractivity contribution in [3.63, 3.8) is 0 Å². The fraction of sp³-hybridized carbons (Fsp3) is 0.357. The summed E-state index contributed by atoms with van der Waals surface area (Å²) >= 11 is 7.18. The molecule has 0 unspecified atom stereocenters. The lowest BCUT2D eigenvalue weighted by atomic mass is 10.2. The minimum absolute atomic E-state index is 0.109. The van der Waals surface area contributed by atoms with Crippen molar-refractivity contribution in [2.24, 2.45) is 0 Å². The molecule has 1 aromatic carbocycles. The molecule has 0 fully saturated rings. The van der Waals surface area contributed by atoms with Gasteiger partial charge in [-0.15, -0.1) is 5.10 Å². The van der Waals surface area contributed by atoms with Crippen LogP contribution in [-0.2, 0) is 11.2 Å². The van der Waals surface area contributed by atoms with E-state index in [4.69, 9.17) is 11.6 Å². The summed E-state index contributed by atoms with van der Waals surface area (Å²) < 4.78 is 0. The number of aryl methyl sites for hydroxylation is 1. The van der Waals surface area contributed by atoms with E-state index in [0.717, 1.165) is 18.7 Å². The average Bonchev–Trinajstić information content (AvgIpc) is 2.96. The van der Waals surface area contributed by atoms with Gasteiger partial charge in [0.25, 0.3) is 5.69 Å². The number of hydrogen-bond donors (Lipinski definition) is 2. The summed E-state index contributed by atoms with van der Waals surface area (Å²) in [5.41, 5.74) is 0.186. The average molecular weight is 370 g/mol. The van der Waals surface area contributed by atoms with E-state index in [1.54, 1.807) is 6.92 Å². The molecule has 1 heterocycles. The van der Waals surface area contributed by atoms with Crippen LogP contribution in [-0.4, -0.2) is 31.3 Å². The summed E-state index contributed by atoms with van der Waals surface area (Å²) in [6.07, 6.45) is 1.75. The summed E-state index contributed by atoms with van der Waals surface area (Å²) in [5, 5.41) is 20.4. The van der Waals surface area contributed by atoms with E-state index in [1.165, 1.54) is 30.0 Å². The van der Waals surface area contributed by atoms with Gasteiger partial charge in [0.15, 0.2) is 0 Å². The molecule has 1 amide bonds. The molecule has 0 aliphatic rings. The predicted octanol–water partition coefficient (Wildman–Crippen LogP) is 3.44. The van der Waals surface area contributed by atoms with Crippen molar-refractivity contribution in [1.29, 1.82) is 0 Å². The second kappa shape index (κ2) is 8.11. The molecule has 0 saturated carbocycles. The first-order valence-electron chi connectivity index (χ1n) is 7.23. The van der Waals surface area contributed by atoms with Gasteiger partial charge in [-0.25, -0.2) is 4.98 Å². The van der Waals surface area contributed by atoms with Crippen LogP contribution in [0.25, 0.3) is 0 Å². The molecule has 128 valence electrons. The molecule has 8 nitrogen and oxygen atoms in total. The van der Waals surface area contributed by atoms with Crippen molar-refractivity contribution in [2.45, 2.75) is 37.1 Å². The summed E-state index contributed by atoms with van der Waals surface area (Å²) in [6, 6.07) is 3.88. The highest BCUT2D eigenvalue weighted by atomic mass is 35.5. The molecule has 1 atom stereocenters. The Bertz CT molecular complexity index is 752. The Balaban J connectivity index is 1.99. The van der Waals surface area contributed by atoms with Crippen molar-refractivity contribution in [1.82, 2.24) is 15.2 Å². The minimum atomic E-state index is -0.549. The van der Waals surface area contributed by atoms with E-state index in [0.29, 0.717) is 10.8 Å². The maximum Gasteiger partial charge on any atom is 0.271 e. The second-order valence-corrected chi connectivity index (χ2v) is 6.70. The van der Waals surface area contributed by atoms with Crippen LogP contribution in [0.4, 0.5) is 11.4 Å². The number of aromatic nitrogens is 3. The van der Waals surface area contributed by atoms with Crippen LogP contribution < -0.4 is 5.32 Å². The molecule has 10 heteroatoms. The van der Waals surface area contributed by atoms with E-state index >= 15 is 0 Å². The zero-order chi connectivity index (χ0) is 17.7. The summed E-state index contributed by atoms with van der Waals surface area (Å²) in [7, 11) is 0. The number of non-ortho nitro benzene ring substituents is 1. The third-order valence-corrected chi connectivity index (χ3v) is 4.34. The fourth-order valence-corrected chi connectivity index (χ4v) is 2.81. The van der Waals surface area contributed by atoms with E-state index in [2.05, 4.69) is 20.5 Å². The van der Waals surface area contributed by atoms with Gasteiger partial charge >= 0.3 is 0 Å².